The van der Waals surface area contributed by atoms with Crippen LogP contribution in [-0.4, -0.2) is 87.8 Å². The van der Waals surface area contributed by atoms with Gasteiger partial charge in [0.25, 0.3) is 0 Å². The van der Waals surface area contributed by atoms with Crippen LogP contribution in [0.3, 0.4) is 0 Å². The Morgan fingerprint density at radius 1 is 0.936 bits per heavy atom. The predicted octanol–water partition coefficient (Wildman–Crippen LogP) is 4.17. The maximum absolute atomic E-state index is 14.3. The summed E-state index contributed by atoms with van der Waals surface area (Å²) >= 11 is 0. The fourth-order valence-corrected chi connectivity index (χ4v) is 6.56. The fraction of sp³-hybridized carbons (Fsp3) is 0.324. The molecule has 10 heteroatoms. The Bertz CT molecular complexity index is 1690. The molecule has 2 aliphatic rings. The lowest BCUT2D eigenvalue weighted by Crippen LogP contribution is -2.66. The molecule has 0 unspecified atom stereocenters. The minimum Gasteiger partial charge on any atom is -0.491 e. The van der Waals surface area contributed by atoms with Crippen molar-refractivity contribution in [1.82, 2.24) is 25.1 Å². The zero-order valence-electron chi connectivity index (χ0n) is 26.6. The standard InChI is InChI=1S/C37H41N5O5/c1-2-19-40(37(46)38-23-28-9-4-3-5-10-28)41-26-35(44)42-33(22-27-15-17-31(18-16-27)47-21-20-43)36(45)39(25-34(41)42)24-30-13-8-12-29-11-6-7-14-32(29)30/h3-18,33-34,43H,2,19-26H2,1H3,(H,38,46)/t33-,34+/m0/s1. The zero-order chi connectivity index (χ0) is 32.8. The molecular weight excluding hydrogens is 594 g/mol. The van der Waals surface area contributed by atoms with Crippen molar-refractivity contribution in [1.29, 1.82) is 0 Å². The fourth-order valence-electron chi connectivity index (χ4n) is 6.56. The highest BCUT2D eigenvalue weighted by atomic mass is 16.5. The van der Waals surface area contributed by atoms with E-state index in [1.54, 1.807) is 9.91 Å². The number of hydrogen-bond donors (Lipinski definition) is 2. The number of benzene rings is 4. The van der Waals surface area contributed by atoms with Gasteiger partial charge in [-0.05, 0) is 46.0 Å². The van der Waals surface area contributed by atoms with Gasteiger partial charge in [0.1, 0.15) is 24.6 Å². The largest absolute Gasteiger partial charge is 0.491 e. The van der Waals surface area contributed by atoms with Crippen molar-refractivity contribution in [3.05, 3.63) is 114 Å². The van der Waals surface area contributed by atoms with Gasteiger partial charge < -0.3 is 25.0 Å². The monoisotopic (exact) mass is 635 g/mol. The molecule has 4 aromatic carbocycles. The molecule has 0 aliphatic carbocycles. The van der Waals surface area contributed by atoms with E-state index in [1.165, 1.54) is 0 Å². The molecule has 244 valence electrons. The molecule has 6 rings (SSSR count). The average Bonchev–Trinajstić information content (AvgIpc) is 3.42. The van der Waals surface area contributed by atoms with Crippen LogP contribution < -0.4 is 10.1 Å². The molecule has 2 heterocycles. The molecule has 2 atom stereocenters. The van der Waals surface area contributed by atoms with Gasteiger partial charge in [-0.3, -0.25) is 14.6 Å². The summed E-state index contributed by atoms with van der Waals surface area (Å²) in [5.74, 6) is 0.312. The van der Waals surface area contributed by atoms with E-state index in [-0.39, 0.29) is 44.1 Å². The first-order valence-electron chi connectivity index (χ1n) is 16.2. The zero-order valence-corrected chi connectivity index (χ0v) is 26.6. The topological polar surface area (TPSA) is 106 Å². The molecule has 2 aliphatic heterocycles. The number of aliphatic hydroxyl groups excluding tert-OH is 1. The van der Waals surface area contributed by atoms with Gasteiger partial charge in [-0.2, -0.15) is 5.01 Å². The minimum atomic E-state index is -0.749. The maximum atomic E-state index is 14.3. The number of hydrogen-bond acceptors (Lipinski definition) is 6. The van der Waals surface area contributed by atoms with Gasteiger partial charge in [0.15, 0.2) is 0 Å². The number of carbonyl (C=O) groups excluding carboxylic acids is 3. The number of ether oxygens (including phenoxy) is 1. The first-order valence-corrected chi connectivity index (χ1v) is 16.2. The molecule has 0 spiro atoms. The lowest BCUT2D eigenvalue weighted by molar-refractivity contribution is -0.157. The van der Waals surface area contributed by atoms with E-state index in [9.17, 15) is 14.4 Å². The van der Waals surface area contributed by atoms with Gasteiger partial charge in [0.05, 0.1) is 19.7 Å². The van der Waals surface area contributed by atoms with Gasteiger partial charge >= 0.3 is 6.03 Å². The van der Waals surface area contributed by atoms with Crippen LogP contribution in [-0.2, 0) is 29.1 Å². The summed E-state index contributed by atoms with van der Waals surface area (Å²) in [6, 6.07) is 30.3. The Balaban J connectivity index is 1.30. The van der Waals surface area contributed by atoms with Crippen molar-refractivity contribution >= 4 is 28.6 Å². The number of hydrazine groups is 1. The number of carbonyl (C=O) groups is 3. The number of nitrogens with one attached hydrogen (secondary N) is 1. The van der Waals surface area contributed by atoms with Gasteiger partial charge in [0.2, 0.25) is 11.8 Å². The summed E-state index contributed by atoms with van der Waals surface area (Å²) in [6.45, 7) is 3.55. The Morgan fingerprint density at radius 3 is 2.45 bits per heavy atom. The Morgan fingerprint density at radius 2 is 1.68 bits per heavy atom. The summed E-state index contributed by atoms with van der Waals surface area (Å²) in [7, 11) is 0. The van der Waals surface area contributed by atoms with Crippen LogP contribution in [0.2, 0.25) is 0 Å². The summed E-state index contributed by atoms with van der Waals surface area (Å²) in [6.07, 6.45) is 0.499. The number of aliphatic hydroxyl groups is 1. The smallest absolute Gasteiger partial charge is 0.332 e. The third kappa shape index (κ3) is 7.08. The second-order valence-electron chi connectivity index (χ2n) is 11.9. The van der Waals surface area contributed by atoms with Crippen molar-refractivity contribution in [2.45, 2.75) is 45.1 Å². The molecule has 2 N–H and O–H groups in total. The number of nitrogens with zero attached hydrogens (tertiary/aromatic N) is 4. The minimum absolute atomic E-state index is 0.00322. The second kappa shape index (κ2) is 14.7. The van der Waals surface area contributed by atoms with E-state index in [0.29, 0.717) is 38.2 Å². The highest BCUT2D eigenvalue weighted by molar-refractivity contribution is 5.92. The lowest BCUT2D eigenvalue weighted by Gasteiger charge is -2.46. The van der Waals surface area contributed by atoms with Crippen molar-refractivity contribution in [3.63, 3.8) is 0 Å². The van der Waals surface area contributed by atoms with Crippen LogP contribution in [0.5, 0.6) is 5.75 Å². The molecule has 0 radical (unpaired) electrons. The second-order valence-corrected chi connectivity index (χ2v) is 11.9. The number of fused-ring (bicyclic) bond motifs is 2. The summed E-state index contributed by atoms with van der Waals surface area (Å²) in [5.41, 5.74) is 2.88. The highest BCUT2D eigenvalue weighted by Crippen LogP contribution is 2.31. The first kappa shape index (κ1) is 32.0. The predicted molar refractivity (Wildman–Crippen MR) is 179 cm³/mol. The normalized spacial score (nSPS) is 18.0. The molecule has 4 amide bonds. The lowest BCUT2D eigenvalue weighted by atomic mass is 9.99. The number of urea groups is 1. The molecule has 2 saturated heterocycles. The molecule has 10 nitrogen and oxygen atoms in total. The molecule has 0 saturated carbocycles. The van der Waals surface area contributed by atoms with Crippen LogP contribution >= 0.6 is 0 Å². The van der Waals surface area contributed by atoms with Crippen LogP contribution in [0.25, 0.3) is 10.8 Å². The van der Waals surface area contributed by atoms with E-state index in [2.05, 4.69) is 23.5 Å². The first-order chi connectivity index (χ1) is 23.0. The Kier molecular flexibility index (Phi) is 9.99. The third-order valence-electron chi connectivity index (χ3n) is 8.79. The van der Waals surface area contributed by atoms with Crippen LogP contribution in [0.15, 0.2) is 97.1 Å². The third-order valence-corrected chi connectivity index (χ3v) is 8.79. The Labute approximate surface area is 275 Å². The van der Waals surface area contributed by atoms with Crippen LogP contribution in [0, 0.1) is 0 Å². The van der Waals surface area contributed by atoms with Crippen molar-refractivity contribution in [2.24, 2.45) is 0 Å². The van der Waals surface area contributed by atoms with Crippen LogP contribution in [0.4, 0.5) is 4.79 Å². The van der Waals surface area contributed by atoms with Gasteiger partial charge in [-0.15, -0.1) is 0 Å². The van der Waals surface area contributed by atoms with Gasteiger partial charge in [-0.1, -0.05) is 91.9 Å². The SMILES string of the molecule is CCCN(C(=O)NCc1ccccc1)N1CC(=O)N2[C@@H](Cc3ccc(OCCO)cc3)C(=O)N(Cc3cccc4ccccc34)C[C@@H]21. The molecule has 4 aromatic rings. The van der Waals surface area contributed by atoms with E-state index in [4.69, 9.17) is 9.84 Å². The van der Waals surface area contributed by atoms with Gasteiger partial charge in [0, 0.05) is 26.1 Å². The van der Waals surface area contributed by atoms with E-state index in [0.717, 1.165) is 27.5 Å². The molecule has 47 heavy (non-hydrogen) atoms. The molecular formula is C37H41N5O5. The average molecular weight is 636 g/mol. The maximum Gasteiger partial charge on any atom is 0.332 e. The van der Waals surface area contributed by atoms with Crippen molar-refractivity contribution in [2.75, 3.05) is 32.8 Å². The van der Waals surface area contributed by atoms with E-state index >= 15 is 0 Å². The summed E-state index contributed by atoms with van der Waals surface area (Å²) < 4.78 is 5.52. The van der Waals surface area contributed by atoms with E-state index in [1.807, 2.05) is 95.7 Å². The highest BCUT2D eigenvalue weighted by Gasteiger charge is 2.52. The van der Waals surface area contributed by atoms with Gasteiger partial charge in [-0.25, -0.2) is 4.79 Å². The van der Waals surface area contributed by atoms with Crippen molar-refractivity contribution in [3.8, 4) is 5.75 Å². The Hall–Kier alpha value is -4.93. The van der Waals surface area contributed by atoms with Crippen LogP contribution in [0.1, 0.15) is 30.0 Å². The van der Waals surface area contributed by atoms with Crippen molar-refractivity contribution < 1.29 is 24.2 Å². The number of amides is 4. The molecule has 0 bridgehead atoms. The summed E-state index contributed by atoms with van der Waals surface area (Å²) in [5, 5.41) is 17.8. The van der Waals surface area contributed by atoms with E-state index < -0.39 is 12.2 Å². The molecule has 2 fully saturated rings. The quantitative estimate of drug-likeness (QED) is 0.242. The molecule has 0 aromatic heterocycles. The number of rotatable bonds is 12. The summed E-state index contributed by atoms with van der Waals surface area (Å²) in [4.78, 5) is 45.3. The number of piperazine rings is 1.